The third kappa shape index (κ3) is 2.40. The zero-order valence-corrected chi connectivity index (χ0v) is 9.39. The summed E-state index contributed by atoms with van der Waals surface area (Å²) in [5.74, 6) is 0. The number of nitrogens with zero attached hydrogens (tertiary/aromatic N) is 1. The van der Waals surface area contributed by atoms with Gasteiger partial charge in [0, 0.05) is 12.3 Å². The van der Waals surface area contributed by atoms with Gasteiger partial charge in [0.1, 0.15) is 0 Å². The maximum atomic E-state index is 11.5. The maximum Gasteiger partial charge on any atom is 0.250 e. The number of hydrogen-bond acceptors (Lipinski definition) is 1. The van der Waals surface area contributed by atoms with Crippen LogP contribution in [0.3, 0.4) is 0 Å². The van der Waals surface area contributed by atoms with E-state index in [1.54, 1.807) is 16.7 Å². The lowest BCUT2D eigenvalue weighted by Crippen LogP contribution is -2.18. The summed E-state index contributed by atoms with van der Waals surface area (Å²) in [6, 6.07) is 13.6. The molecule has 2 heteroatoms. The van der Waals surface area contributed by atoms with E-state index in [1.165, 1.54) is 11.1 Å². The van der Waals surface area contributed by atoms with E-state index in [0.29, 0.717) is 6.54 Å². The fourth-order valence-corrected chi connectivity index (χ4v) is 1.74. The molecule has 0 spiro atoms. The average molecular weight is 213 g/mol. The van der Waals surface area contributed by atoms with Gasteiger partial charge in [0.25, 0.3) is 5.56 Å². The van der Waals surface area contributed by atoms with Crippen LogP contribution in [0, 0.1) is 0 Å². The Morgan fingerprint density at radius 2 is 1.88 bits per heavy atom. The Labute approximate surface area is 95.2 Å². The minimum absolute atomic E-state index is 0.0457. The van der Waals surface area contributed by atoms with Crippen LogP contribution in [0.25, 0.3) is 0 Å². The molecule has 82 valence electrons. The first kappa shape index (κ1) is 10.7. The topological polar surface area (TPSA) is 22.0 Å². The molecule has 0 amide bonds. The Kier molecular flexibility index (Phi) is 3.20. The van der Waals surface area contributed by atoms with Crippen LogP contribution in [0.2, 0.25) is 0 Å². The summed E-state index contributed by atoms with van der Waals surface area (Å²) in [5, 5.41) is 0. The molecular formula is C14H15NO. The zero-order valence-electron chi connectivity index (χ0n) is 9.39. The van der Waals surface area contributed by atoms with E-state index in [4.69, 9.17) is 0 Å². The summed E-state index contributed by atoms with van der Waals surface area (Å²) in [5.41, 5.74) is 2.53. The molecule has 16 heavy (non-hydrogen) atoms. The van der Waals surface area contributed by atoms with Crippen molar-refractivity contribution in [1.29, 1.82) is 0 Å². The highest BCUT2D eigenvalue weighted by molar-refractivity contribution is 5.23. The molecule has 0 bridgehead atoms. The number of aryl methyl sites for hydroxylation is 1. The van der Waals surface area contributed by atoms with Gasteiger partial charge < -0.3 is 4.57 Å². The van der Waals surface area contributed by atoms with Gasteiger partial charge in [-0.3, -0.25) is 4.79 Å². The quantitative estimate of drug-likeness (QED) is 0.767. The summed E-state index contributed by atoms with van der Waals surface area (Å²) in [4.78, 5) is 11.5. The predicted molar refractivity (Wildman–Crippen MR) is 65.6 cm³/mol. The van der Waals surface area contributed by atoms with Gasteiger partial charge in [0.05, 0.1) is 6.54 Å². The SMILES string of the molecule is CCc1cccc(Cn2ccccc2=O)c1. The van der Waals surface area contributed by atoms with E-state index in [-0.39, 0.29) is 5.56 Å². The second kappa shape index (κ2) is 4.79. The first-order valence-corrected chi connectivity index (χ1v) is 5.53. The molecule has 1 aromatic carbocycles. The third-order valence-electron chi connectivity index (χ3n) is 2.65. The minimum atomic E-state index is 0.0457. The van der Waals surface area contributed by atoms with Crippen LogP contribution in [0.4, 0.5) is 0 Å². The van der Waals surface area contributed by atoms with Crippen LogP contribution in [0.1, 0.15) is 18.1 Å². The molecule has 0 radical (unpaired) electrons. The number of benzene rings is 1. The number of pyridine rings is 1. The number of aromatic nitrogens is 1. The molecular weight excluding hydrogens is 198 g/mol. The molecule has 0 saturated carbocycles. The van der Waals surface area contributed by atoms with Gasteiger partial charge in [0.2, 0.25) is 0 Å². The smallest absolute Gasteiger partial charge is 0.250 e. The number of hydrogen-bond donors (Lipinski definition) is 0. The van der Waals surface area contributed by atoms with Gasteiger partial charge in [0.15, 0.2) is 0 Å². The van der Waals surface area contributed by atoms with Gasteiger partial charge in [-0.15, -0.1) is 0 Å². The predicted octanol–water partition coefficient (Wildman–Crippen LogP) is 2.46. The fourth-order valence-electron chi connectivity index (χ4n) is 1.74. The van der Waals surface area contributed by atoms with Gasteiger partial charge in [-0.2, -0.15) is 0 Å². The Hall–Kier alpha value is -1.83. The minimum Gasteiger partial charge on any atom is -0.311 e. The molecule has 2 nitrogen and oxygen atoms in total. The molecule has 1 heterocycles. The molecule has 0 unspecified atom stereocenters. The Morgan fingerprint density at radius 3 is 2.62 bits per heavy atom. The van der Waals surface area contributed by atoms with Gasteiger partial charge >= 0.3 is 0 Å². The molecule has 0 fully saturated rings. The molecule has 0 N–H and O–H groups in total. The highest BCUT2D eigenvalue weighted by Gasteiger charge is 1.97. The van der Waals surface area contributed by atoms with Crippen LogP contribution >= 0.6 is 0 Å². The van der Waals surface area contributed by atoms with Gasteiger partial charge in [-0.05, 0) is 23.6 Å². The first-order valence-electron chi connectivity index (χ1n) is 5.53. The third-order valence-corrected chi connectivity index (χ3v) is 2.65. The highest BCUT2D eigenvalue weighted by atomic mass is 16.1. The molecule has 0 aliphatic heterocycles. The van der Waals surface area contributed by atoms with Crippen LogP contribution in [0.15, 0.2) is 53.5 Å². The Balaban J connectivity index is 2.27. The largest absolute Gasteiger partial charge is 0.311 e. The highest BCUT2D eigenvalue weighted by Crippen LogP contribution is 2.06. The van der Waals surface area contributed by atoms with Gasteiger partial charge in [-0.1, -0.05) is 37.3 Å². The Morgan fingerprint density at radius 1 is 1.06 bits per heavy atom. The van der Waals surface area contributed by atoms with Crippen molar-refractivity contribution in [2.75, 3.05) is 0 Å². The lowest BCUT2D eigenvalue weighted by molar-refractivity contribution is 0.758. The first-order chi connectivity index (χ1) is 7.79. The lowest BCUT2D eigenvalue weighted by atomic mass is 10.1. The number of rotatable bonds is 3. The van der Waals surface area contributed by atoms with E-state index in [2.05, 4.69) is 25.1 Å². The standard InChI is InChI=1S/C14H15NO/c1-2-12-6-5-7-13(10-12)11-15-9-4-3-8-14(15)16/h3-10H,2,11H2,1H3. The molecule has 0 aliphatic rings. The summed E-state index contributed by atoms with van der Waals surface area (Å²) in [6.07, 6.45) is 2.85. The van der Waals surface area contributed by atoms with Crippen LogP contribution in [-0.2, 0) is 13.0 Å². The van der Waals surface area contributed by atoms with Crippen molar-refractivity contribution >= 4 is 0 Å². The van der Waals surface area contributed by atoms with E-state index in [1.807, 2.05) is 18.3 Å². The average Bonchev–Trinajstić information content (AvgIpc) is 2.32. The van der Waals surface area contributed by atoms with Crippen molar-refractivity contribution in [2.24, 2.45) is 0 Å². The van der Waals surface area contributed by atoms with Crippen molar-refractivity contribution < 1.29 is 0 Å². The monoisotopic (exact) mass is 213 g/mol. The van der Waals surface area contributed by atoms with E-state index in [9.17, 15) is 4.79 Å². The van der Waals surface area contributed by atoms with Crippen LogP contribution in [0.5, 0.6) is 0 Å². The van der Waals surface area contributed by atoms with Gasteiger partial charge in [-0.25, -0.2) is 0 Å². The van der Waals surface area contributed by atoms with Crippen molar-refractivity contribution in [3.05, 3.63) is 70.1 Å². The zero-order chi connectivity index (χ0) is 11.4. The molecule has 0 saturated heterocycles. The molecule has 2 rings (SSSR count). The van der Waals surface area contributed by atoms with Crippen molar-refractivity contribution in [3.63, 3.8) is 0 Å². The molecule has 0 atom stereocenters. The van der Waals surface area contributed by atoms with Crippen LogP contribution in [-0.4, -0.2) is 4.57 Å². The normalized spacial score (nSPS) is 10.3. The maximum absolute atomic E-state index is 11.5. The second-order valence-corrected chi connectivity index (χ2v) is 3.84. The van der Waals surface area contributed by atoms with E-state index in [0.717, 1.165) is 6.42 Å². The lowest BCUT2D eigenvalue weighted by Gasteiger charge is -2.06. The van der Waals surface area contributed by atoms with Crippen molar-refractivity contribution in [1.82, 2.24) is 4.57 Å². The molecule has 0 aliphatic carbocycles. The van der Waals surface area contributed by atoms with Crippen molar-refractivity contribution in [3.8, 4) is 0 Å². The summed E-state index contributed by atoms with van der Waals surface area (Å²) >= 11 is 0. The van der Waals surface area contributed by atoms with E-state index < -0.39 is 0 Å². The summed E-state index contributed by atoms with van der Waals surface area (Å²) in [7, 11) is 0. The summed E-state index contributed by atoms with van der Waals surface area (Å²) in [6.45, 7) is 2.78. The molecule has 2 aromatic rings. The summed E-state index contributed by atoms with van der Waals surface area (Å²) < 4.78 is 1.72. The molecule has 1 aromatic heterocycles. The fraction of sp³-hybridized carbons (Fsp3) is 0.214. The van der Waals surface area contributed by atoms with Crippen LogP contribution < -0.4 is 5.56 Å². The van der Waals surface area contributed by atoms with E-state index >= 15 is 0 Å². The van der Waals surface area contributed by atoms with Crippen molar-refractivity contribution in [2.45, 2.75) is 19.9 Å². The second-order valence-electron chi connectivity index (χ2n) is 3.84. The Bertz CT molecular complexity index is 528.